The van der Waals surface area contributed by atoms with E-state index in [1.54, 1.807) is 12.1 Å². The molecule has 0 aliphatic carbocycles. The molecule has 2 aromatic carbocycles. The van der Waals surface area contributed by atoms with E-state index in [-0.39, 0.29) is 17.9 Å². The van der Waals surface area contributed by atoms with E-state index in [9.17, 15) is 9.90 Å². The van der Waals surface area contributed by atoms with E-state index < -0.39 is 5.97 Å². The number of imidazole rings is 1. The molecule has 0 amide bonds. The molecule has 0 bridgehead atoms. The maximum atomic E-state index is 12.3. The molecule has 4 aromatic rings. The fourth-order valence-electron chi connectivity index (χ4n) is 2.88. The molecule has 4 rings (SSSR count). The first-order valence-corrected chi connectivity index (χ1v) is 7.94. The van der Waals surface area contributed by atoms with Gasteiger partial charge in [0.2, 0.25) is 0 Å². The molecule has 2 aromatic heterocycles. The Morgan fingerprint density at radius 1 is 1.16 bits per heavy atom. The van der Waals surface area contributed by atoms with E-state index in [4.69, 9.17) is 4.74 Å². The van der Waals surface area contributed by atoms with Crippen LogP contribution in [0.4, 0.5) is 0 Å². The van der Waals surface area contributed by atoms with E-state index in [2.05, 4.69) is 4.98 Å². The Bertz CT molecular complexity index is 1100. The number of carbonyl (C=O) groups excluding carboxylic acids is 1. The molecule has 0 radical (unpaired) electrons. The lowest BCUT2D eigenvalue weighted by Crippen LogP contribution is -2.06. The van der Waals surface area contributed by atoms with E-state index in [0.717, 1.165) is 22.0 Å². The molecule has 0 saturated carbocycles. The van der Waals surface area contributed by atoms with E-state index in [1.165, 1.54) is 0 Å². The molecule has 0 aliphatic rings. The number of carbonyl (C=O) groups is 1. The molecule has 0 saturated heterocycles. The van der Waals surface area contributed by atoms with Gasteiger partial charge in [-0.2, -0.15) is 0 Å². The summed E-state index contributed by atoms with van der Waals surface area (Å²) in [5, 5.41) is 11.8. The number of hydrogen-bond donors (Lipinski definition) is 1. The highest BCUT2D eigenvalue weighted by molar-refractivity contribution is 5.98. The summed E-state index contributed by atoms with van der Waals surface area (Å²) in [6, 6.07) is 14.7. The van der Waals surface area contributed by atoms with Gasteiger partial charge in [0.15, 0.2) is 0 Å². The van der Waals surface area contributed by atoms with E-state index in [0.29, 0.717) is 5.69 Å². The van der Waals surface area contributed by atoms with Gasteiger partial charge < -0.3 is 14.2 Å². The molecular weight excluding hydrogens is 316 g/mol. The average Bonchev–Trinajstić information content (AvgIpc) is 3.03. The summed E-state index contributed by atoms with van der Waals surface area (Å²) in [5.41, 5.74) is 2.69. The van der Waals surface area contributed by atoms with Crippen molar-refractivity contribution in [3.8, 4) is 5.75 Å². The van der Waals surface area contributed by atoms with Crippen molar-refractivity contribution in [1.29, 1.82) is 0 Å². The van der Waals surface area contributed by atoms with Gasteiger partial charge in [-0.1, -0.05) is 30.3 Å². The number of fused-ring (bicyclic) bond motifs is 2. The monoisotopic (exact) mass is 332 g/mol. The Morgan fingerprint density at radius 3 is 2.68 bits per heavy atom. The third-order valence-electron chi connectivity index (χ3n) is 4.16. The lowest BCUT2D eigenvalue weighted by atomic mass is 10.1. The van der Waals surface area contributed by atoms with Gasteiger partial charge >= 0.3 is 5.97 Å². The highest BCUT2D eigenvalue weighted by atomic mass is 16.5. The number of aromatic hydroxyl groups is 1. The second-order valence-electron chi connectivity index (χ2n) is 5.95. The Kier molecular flexibility index (Phi) is 3.61. The number of phenolic OH excluding ortho intramolecular Hbond substituents is 1. The van der Waals surface area contributed by atoms with Gasteiger partial charge in [-0.15, -0.1) is 0 Å². The van der Waals surface area contributed by atoms with Crippen molar-refractivity contribution >= 4 is 22.4 Å². The van der Waals surface area contributed by atoms with Gasteiger partial charge in [-0.05, 0) is 41.5 Å². The predicted molar refractivity (Wildman–Crippen MR) is 94.7 cm³/mol. The molecule has 2 heterocycles. The molecule has 1 N–H and O–H groups in total. The maximum Gasteiger partial charge on any atom is 0.342 e. The first-order valence-electron chi connectivity index (χ1n) is 7.94. The molecule has 5 nitrogen and oxygen atoms in total. The zero-order valence-electron chi connectivity index (χ0n) is 13.6. The van der Waals surface area contributed by atoms with Crippen LogP contribution in [0.15, 0.2) is 60.9 Å². The number of aromatic nitrogens is 2. The third-order valence-corrected chi connectivity index (χ3v) is 4.16. The summed E-state index contributed by atoms with van der Waals surface area (Å²) in [5.74, 6) is -0.661. The Labute approximate surface area is 144 Å². The minimum Gasteiger partial charge on any atom is -0.507 e. The van der Waals surface area contributed by atoms with Gasteiger partial charge in [-0.3, -0.25) is 0 Å². The zero-order valence-corrected chi connectivity index (χ0v) is 13.6. The minimum atomic E-state index is -0.572. The van der Waals surface area contributed by atoms with Gasteiger partial charge in [-0.25, -0.2) is 9.78 Å². The van der Waals surface area contributed by atoms with Crippen LogP contribution in [0.5, 0.6) is 5.75 Å². The van der Waals surface area contributed by atoms with Crippen LogP contribution < -0.4 is 0 Å². The second-order valence-corrected chi connectivity index (χ2v) is 5.95. The fraction of sp³-hybridized carbons (Fsp3) is 0.100. The molecule has 0 spiro atoms. The number of ether oxygens (including phenoxy) is 1. The third kappa shape index (κ3) is 2.80. The summed E-state index contributed by atoms with van der Waals surface area (Å²) in [7, 11) is 0. The molecule has 0 atom stereocenters. The summed E-state index contributed by atoms with van der Waals surface area (Å²) >= 11 is 0. The molecular formula is C20H16N2O3. The van der Waals surface area contributed by atoms with Crippen LogP contribution in [0.25, 0.3) is 16.4 Å². The first-order chi connectivity index (χ1) is 12.1. The topological polar surface area (TPSA) is 63.8 Å². The standard InChI is InChI=1S/C20H16N2O3/c1-13-5-4-8-22-11-16(21-19(13)22)12-25-20(24)17-9-14-6-2-3-7-15(14)10-18(17)23/h2-11,23H,12H2,1H3. The van der Waals surface area contributed by atoms with Crippen molar-refractivity contribution in [1.82, 2.24) is 9.38 Å². The summed E-state index contributed by atoms with van der Waals surface area (Å²) in [6.07, 6.45) is 3.73. The average molecular weight is 332 g/mol. The summed E-state index contributed by atoms with van der Waals surface area (Å²) in [4.78, 5) is 16.8. The lowest BCUT2D eigenvalue weighted by Gasteiger charge is -2.07. The SMILES string of the molecule is Cc1cccn2cc(COC(=O)c3cc4ccccc4cc3O)nc12. The lowest BCUT2D eigenvalue weighted by molar-refractivity contribution is 0.0465. The number of rotatable bonds is 3. The number of hydrogen-bond acceptors (Lipinski definition) is 4. The maximum absolute atomic E-state index is 12.3. The van der Waals surface area contributed by atoms with Crippen LogP contribution in [0.2, 0.25) is 0 Å². The molecule has 25 heavy (non-hydrogen) atoms. The van der Waals surface area contributed by atoms with Crippen LogP contribution in [-0.4, -0.2) is 20.5 Å². The van der Waals surface area contributed by atoms with Crippen molar-refractivity contribution in [3.05, 3.63) is 77.7 Å². The Balaban J connectivity index is 1.57. The van der Waals surface area contributed by atoms with Crippen LogP contribution >= 0.6 is 0 Å². The number of pyridine rings is 1. The van der Waals surface area contributed by atoms with Crippen molar-refractivity contribution in [3.63, 3.8) is 0 Å². The second kappa shape index (κ2) is 5.94. The fourth-order valence-corrected chi connectivity index (χ4v) is 2.88. The van der Waals surface area contributed by atoms with Gasteiger partial charge in [0.25, 0.3) is 0 Å². The van der Waals surface area contributed by atoms with Gasteiger partial charge in [0, 0.05) is 12.4 Å². The smallest absolute Gasteiger partial charge is 0.342 e. The van der Waals surface area contributed by atoms with Crippen LogP contribution in [0.1, 0.15) is 21.6 Å². The number of benzene rings is 2. The normalized spacial score (nSPS) is 11.1. The van der Waals surface area contributed by atoms with E-state index >= 15 is 0 Å². The molecule has 124 valence electrons. The Morgan fingerprint density at radius 2 is 1.92 bits per heavy atom. The highest BCUT2D eigenvalue weighted by Gasteiger charge is 2.15. The van der Waals surface area contributed by atoms with Crippen molar-refractivity contribution in [2.75, 3.05) is 0 Å². The van der Waals surface area contributed by atoms with Crippen molar-refractivity contribution in [2.45, 2.75) is 13.5 Å². The molecule has 0 unspecified atom stereocenters. The molecule has 0 fully saturated rings. The number of esters is 1. The van der Waals surface area contributed by atoms with Gasteiger partial charge in [0.1, 0.15) is 23.6 Å². The highest BCUT2D eigenvalue weighted by Crippen LogP contribution is 2.25. The minimum absolute atomic E-state index is 0.0478. The quantitative estimate of drug-likeness (QED) is 0.579. The molecule has 5 heteroatoms. The number of phenols is 1. The predicted octanol–water partition coefficient (Wildman–Crippen LogP) is 3.86. The van der Waals surface area contributed by atoms with Crippen molar-refractivity contribution < 1.29 is 14.6 Å². The van der Waals surface area contributed by atoms with Gasteiger partial charge in [0.05, 0.1) is 5.69 Å². The zero-order chi connectivity index (χ0) is 17.4. The first kappa shape index (κ1) is 15.2. The van der Waals surface area contributed by atoms with Crippen molar-refractivity contribution in [2.24, 2.45) is 0 Å². The van der Waals surface area contributed by atoms with E-state index in [1.807, 2.05) is 60.1 Å². The summed E-state index contributed by atoms with van der Waals surface area (Å²) in [6.45, 7) is 2.03. The van der Waals surface area contributed by atoms with Crippen LogP contribution in [-0.2, 0) is 11.3 Å². The number of aryl methyl sites for hydroxylation is 1. The van der Waals surface area contributed by atoms with Crippen LogP contribution in [0.3, 0.4) is 0 Å². The molecule has 0 aliphatic heterocycles. The Hall–Kier alpha value is -3.34. The van der Waals surface area contributed by atoms with Crippen LogP contribution in [0, 0.1) is 6.92 Å². The number of nitrogens with zero attached hydrogens (tertiary/aromatic N) is 2. The largest absolute Gasteiger partial charge is 0.507 e. The summed E-state index contributed by atoms with van der Waals surface area (Å²) < 4.78 is 7.23.